The maximum absolute atomic E-state index is 13.2. The maximum Gasteiger partial charge on any atom is 0.151 e. The number of hydrogen-bond donors (Lipinski definition) is 0. The summed E-state index contributed by atoms with van der Waals surface area (Å²) in [6.07, 6.45) is 3.16. The predicted octanol–water partition coefficient (Wildman–Crippen LogP) is 2.70. The molecule has 2 rings (SSSR count). The lowest BCUT2D eigenvalue weighted by atomic mass is 10.2. The fourth-order valence-electron chi connectivity index (χ4n) is 1.08. The summed E-state index contributed by atoms with van der Waals surface area (Å²) in [6, 6.07) is 8.24. The van der Waals surface area contributed by atoms with Crippen molar-refractivity contribution in [3.63, 3.8) is 0 Å². The maximum atomic E-state index is 13.2. The Morgan fingerprint density at radius 3 is 2.36 bits per heavy atom. The Morgan fingerprint density at radius 1 is 0.929 bits per heavy atom. The molecule has 0 unspecified atom stereocenters. The lowest BCUT2D eigenvalue weighted by molar-refractivity contribution is 0.625. The second-order valence-corrected chi connectivity index (χ2v) is 2.55. The van der Waals surface area contributed by atoms with Gasteiger partial charge in [-0.3, -0.25) is 9.97 Å². The fraction of sp³-hybridized carbons (Fsp3) is 0. The number of aromatic nitrogens is 2. The van der Waals surface area contributed by atoms with Gasteiger partial charge in [0.15, 0.2) is 5.82 Å². The Kier molecular flexibility index (Phi) is 3.54. The number of rotatable bonds is 1. The van der Waals surface area contributed by atoms with Gasteiger partial charge in [-0.15, -0.1) is 12.4 Å². The van der Waals surface area contributed by atoms with Gasteiger partial charge in [0.2, 0.25) is 0 Å². The molecule has 0 amide bonds. The summed E-state index contributed by atoms with van der Waals surface area (Å²) >= 11 is 0. The van der Waals surface area contributed by atoms with Gasteiger partial charge >= 0.3 is 0 Å². The summed E-state index contributed by atoms with van der Waals surface area (Å²) in [7, 11) is 0. The van der Waals surface area contributed by atoms with E-state index in [0.717, 1.165) is 0 Å². The molecule has 0 aliphatic carbocycles. The molecule has 0 saturated carbocycles. The molecule has 0 spiro atoms. The molecule has 0 atom stereocenters. The van der Waals surface area contributed by atoms with E-state index in [1.54, 1.807) is 36.7 Å². The summed E-state index contributed by atoms with van der Waals surface area (Å²) in [4.78, 5) is 7.92. The minimum absolute atomic E-state index is 0. The first-order chi connectivity index (χ1) is 6.38. The van der Waals surface area contributed by atoms with Gasteiger partial charge in [-0.05, 0) is 24.3 Å². The lowest BCUT2D eigenvalue weighted by Gasteiger charge is -1.99. The molecular weight excluding hydrogens is 203 g/mol. The van der Waals surface area contributed by atoms with Gasteiger partial charge in [-0.1, -0.05) is 6.07 Å². The second-order valence-electron chi connectivity index (χ2n) is 2.55. The Labute approximate surface area is 87.2 Å². The molecule has 0 fully saturated rings. The zero-order valence-corrected chi connectivity index (χ0v) is 8.04. The summed E-state index contributed by atoms with van der Waals surface area (Å²) < 4.78 is 13.2. The Morgan fingerprint density at radius 2 is 1.71 bits per heavy atom. The highest BCUT2D eigenvalue weighted by molar-refractivity contribution is 5.85. The van der Waals surface area contributed by atoms with Crippen molar-refractivity contribution in [3.8, 4) is 11.4 Å². The number of nitrogens with zero attached hydrogens (tertiary/aromatic N) is 2. The Balaban J connectivity index is 0.000000980. The van der Waals surface area contributed by atoms with E-state index in [9.17, 15) is 4.39 Å². The highest BCUT2D eigenvalue weighted by Gasteiger charge is 2.04. The molecule has 0 aliphatic rings. The smallest absolute Gasteiger partial charge is 0.151 e. The molecule has 0 aliphatic heterocycles. The molecule has 2 aromatic heterocycles. The van der Waals surface area contributed by atoms with Crippen LogP contribution in [-0.2, 0) is 0 Å². The molecule has 4 heteroatoms. The molecule has 0 saturated heterocycles. The van der Waals surface area contributed by atoms with Crippen LogP contribution < -0.4 is 0 Å². The summed E-state index contributed by atoms with van der Waals surface area (Å²) in [6.45, 7) is 0. The van der Waals surface area contributed by atoms with Crippen molar-refractivity contribution in [2.24, 2.45) is 0 Å². The van der Waals surface area contributed by atoms with E-state index < -0.39 is 0 Å². The number of pyridine rings is 2. The molecule has 2 aromatic rings. The third kappa shape index (κ3) is 2.06. The minimum atomic E-state index is -0.346. The van der Waals surface area contributed by atoms with Gasteiger partial charge in [-0.25, -0.2) is 4.39 Å². The quantitative estimate of drug-likeness (QED) is 0.723. The summed E-state index contributed by atoms with van der Waals surface area (Å²) in [5, 5.41) is 0. The van der Waals surface area contributed by atoms with Crippen molar-refractivity contribution >= 4 is 12.4 Å². The van der Waals surface area contributed by atoms with Gasteiger partial charge in [-0.2, -0.15) is 0 Å². The zero-order valence-electron chi connectivity index (χ0n) is 7.22. The predicted molar refractivity (Wildman–Crippen MR) is 54.7 cm³/mol. The fourth-order valence-corrected chi connectivity index (χ4v) is 1.08. The van der Waals surface area contributed by atoms with Crippen LogP contribution in [0.25, 0.3) is 11.4 Å². The Hall–Kier alpha value is -1.48. The van der Waals surface area contributed by atoms with Crippen LogP contribution in [0, 0.1) is 5.82 Å². The molecule has 0 radical (unpaired) electrons. The van der Waals surface area contributed by atoms with Crippen LogP contribution in [0.5, 0.6) is 0 Å². The zero-order chi connectivity index (χ0) is 9.10. The van der Waals surface area contributed by atoms with Crippen LogP contribution in [0.2, 0.25) is 0 Å². The van der Waals surface area contributed by atoms with Crippen LogP contribution in [0.3, 0.4) is 0 Å². The molecule has 2 heterocycles. The third-order valence-corrected chi connectivity index (χ3v) is 1.67. The average Bonchev–Trinajstić information content (AvgIpc) is 2.20. The molecule has 0 aromatic carbocycles. The van der Waals surface area contributed by atoms with E-state index in [-0.39, 0.29) is 18.2 Å². The Bertz CT molecular complexity index is 406. The van der Waals surface area contributed by atoms with Crippen molar-refractivity contribution in [3.05, 3.63) is 48.5 Å². The van der Waals surface area contributed by atoms with Crippen LogP contribution >= 0.6 is 12.4 Å². The van der Waals surface area contributed by atoms with E-state index in [2.05, 4.69) is 9.97 Å². The molecule has 0 bridgehead atoms. The monoisotopic (exact) mass is 210 g/mol. The third-order valence-electron chi connectivity index (χ3n) is 1.67. The van der Waals surface area contributed by atoms with E-state index >= 15 is 0 Å². The number of halogens is 2. The molecule has 14 heavy (non-hydrogen) atoms. The van der Waals surface area contributed by atoms with Crippen LogP contribution in [0.4, 0.5) is 4.39 Å². The van der Waals surface area contributed by atoms with E-state index in [1.807, 2.05) is 0 Å². The van der Waals surface area contributed by atoms with E-state index in [4.69, 9.17) is 0 Å². The first-order valence-corrected chi connectivity index (χ1v) is 3.90. The molecule has 72 valence electrons. The highest BCUT2D eigenvalue weighted by Crippen LogP contribution is 2.15. The van der Waals surface area contributed by atoms with Crippen molar-refractivity contribution in [2.75, 3.05) is 0 Å². The summed E-state index contributed by atoms with van der Waals surface area (Å²) in [5.74, 6) is -0.346. The van der Waals surface area contributed by atoms with Crippen molar-refractivity contribution in [1.82, 2.24) is 9.97 Å². The summed E-state index contributed by atoms with van der Waals surface area (Å²) in [5.41, 5.74) is 0.851. The molecule has 2 nitrogen and oxygen atoms in total. The van der Waals surface area contributed by atoms with Crippen LogP contribution in [-0.4, -0.2) is 9.97 Å². The standard InChI is InChI=1S/C10H7FN2.ClH/c11-8-4-3-7-13-10(8)9-5-1-2-6-12-9;/h1-7H;1H. The largest absolute Gasteiger partial charge is 0.255 e. The molecule has 0 N–H and O–H groups in total. The average molecular weight is 211 g/mol. The second kappa shape index (κ2) is 4.67. The SMILES string of the molecule is Cl.Fc1cccnc1-c1ccccn1. The van der Waals surface area contributed by atoms with Gasteiger partial charge in [0.05, 0.1) is 5.69 Å². The van der Waals surface area contributed by atoms with Crippen molar-refractivity contribution in [2.45, 2.75) is 0 Å². The van der Waals surface area contributed by atoms with Crippen molar-refractivity contribution < 1.29 is 4.39 Å². The van der Waals surface area contributed by atoms with E-state index in [0.29, 0.717) is 11.4 Å². The normalized spacial score (nSPS) is 9.21. The first-order valence-electron chi connectivity index (χ1n) is 3.90. The lowest BCUT2D eigenvalue weighted by Crippen LogP contribution is -1.89. The highest BCUT2D eigenvalue weighted by atomic mass is 35.5. The number of hydrogen-bond acceptors (Lipinski definition) is 2. The topological polar surface area (TPSA) is 25.8 Å². The first kappa shape index (κ1) is 10.6. The van der Waals surface area contributed by atoms with Gasteiger partial charge in [0, 0.05) is 12.4 Å². The van der Waals surface area contributed by atoms with E-state index in [1.165, 1.54) is 6.07 Å². The van der Waals surface area contributed by atoms with Gasteiger partial charge in [0.25, 0.3) is 0 Å². The minimum Gasteiger partial charge on any atom is -0.255 e. The van der Waals surface area contributed by atoms with Crippen LogP contribution in [0.1, 0.15) is 0 Å². The van der Waals surface area contributed by atoms with Crippen LogP contribution in [0.15, 0.2) is 42.7 Å². The van der Waals surface area contributed by atoms with Gasteiger partial charge in [0.1, 0.15) is 5.69 Å². The molecular formula is C10H8ClFN2. The van der Waals surface area contributed by atoms with Crippen molar-refractivity contribution in [1.29, 1.82) is 0 Å². The van der Waals surface area contributed by atoms with Gasteiger partial charge < -0.3 is 0 Å².